The zero-order chi connectivity index (χ0) is 21.5. The van der Waals surface area contributed by atoms with E-state index < -0.39 is 18.2 Å². The predicted octanol–water partition coefficient (Wildman–Crippen LogP) is 4.54. The zero-order valence-corrected chi connectivity index (χ0v) is 17.6. The second kappa shape index (κ2) is 10.9. The van der Waals surface area contributed by atoms with Crippen molar-refractivity contribution in [2.75, 3.05) is 0 Å². The molecule has 2 aliphatic carbocycles. The van der Waals surface area contributed by atoms with Crippen LogP contribution in [0.15, 0.2) is 36.4 Å². The van der Waals surface area contributed by atoms with E-state index in [1.165, 1.54) is 19.3 Å². The van der Waals surface area contributed by atoms with Gasteiger partial charge >= 0.3 is 5.97 Å². The van der Waals surface area contributed by atoms with Crippen LogP contribution in [-0.4, -0.2) is 33.2 Å². The number of benzene rings is 1. The van der Waals surface area contributed by atoms with Gasteiger partial charge in [0, 0.05) is 24.7 Å². The highest BCUT2D eigenvalue weighted by atomic mass is 16.4. The zero-order valence-electron chi connectivity index (χ0n) is 17.6. The minimum absolute atomic E-state index is 0.0778. The molecule has 0 radical (unpaired) electrons. The van der Waals surface area contributed by atoms with Gasteiger partial charge in [0.05, 0.1) is 12.2 Å². The maximum absolute atomic E-state index is 12.4. The first-order valence-electron chi connectivity index (χ1n) is 11.3. The first kappa shape index (κ1) is 22.7. The summed E-state index contributed by atoms with van der Waals surface area (Å²) in [7, 11) is 0. The topological polar surface area (TPSA) is 94.8 Å². The molecule has 0 bridgehead atoms. The summed E-state index contributed by atoms with van der Waals surface area (Å²) in [6.07, 6.45) is 10.6. The van der Waals surface area contributed by atoms with Crippen LogP contribution in [0, 0.1) is 11.8 Å². The minimum atomic E-state index is -0.797. The largest absolute Gasteiger partial charge is 0.481 e. The monoisotopic (exact) mass is 414 g/mol. The number of rotatable bonds is 9. The lowest BCUT2D eigenvalue weighted by atomic mass is 9.81. The first-order valence-corrected chi connectivity index (χ1v) is 11.3. The van der Waals surface area contributed by atoms with E-state index in [2.05, 4.69) is 0 Å². The lowest BCUT2D eigenvalue weighted by Crippen LogP contribution is -2.19. The quantitative estimate of drug-likeness (QED) is 0.407. The number of carbonyl (C=O) groups excluding carboxylic acids is 1. The number of carbonyl (C=O) groups is 2. The summed E-state index contributed by atoms with van der Waals surface area (Å²) in [6, 6.07) is 7.81. The van der Waals surface area contributed by atoms with E-state index in [1.54, 1.807) is 0 Å². The molecule has 4 atom stereocenters. The molecule has 164 valence electrons. The van der Waals surface area contributed by atoms with E-state index >= 15 is 0 Å². The molecule has 30 heavy (non-hydrogen) atoms. The second-order valence-electron chi connectivity index (χ2n) is 8.87. The van der Waals surface area contributed by atoms with Crippen molar-refractivity contribution in [3.63, 3.8) is 0 Å². The fraction of sp³-hybridized carbons (Fsp3) is 0.600. The molecular weight excluding hydrogens is 380 g/mol. The second-order valence-corrected chi connectivity index (χ2v) is 8.87. The fourth-order valence-corrected chi connectivity index (χ4v) is 5.05. The summed E-state index contributed by atoms with van der Waals surface area (Å²) >= 11 is 0. The Hall–Kier alpha value is -1.98. The summed E-state index contributed by atoms with van der Waals surface area (Å²) in [6.45, 7) is 0. The van der Waals surface area contributed by atoms with Crippen molar-refractivity contribution in [1.29, 1.82) is 0 Å². The van der Waals surface area contributed by atoms with Crippen LogP contribution in [0.25, 0.3) is 0 Å². The van der Waals surface area contributed by atoms with Crippen molar-refractivity contribution in [2.45, 2.75) is 82.3 Å². The van der Waals surface area contributed by atoms with Crippen molar-refractivity contribution >= 4 is 11.8 Å². The molecule has 2 saturated carbocycles. The standard InChI is InChI=1S/C25H34O5/c26-21-16-22(27)24(20(21)10-6-1-2-7-11-23(28)29)17-12-14-19(15-13-17)25(30)18-8-4-3-5-9-18/h1,6,12-15,18,20,22,24-25,27,30H,2-5,7-11,16H2,(H,28,29)/b6-1-. The highest BCUT2D eigenvalue weighted by Crippen LogP contribution is 2.41. The Morgan fingerprint density at radius 2 is 1.80 bits per heavy atom. The maximum atomic E-state index is 12.4. The summed E-state index contributed by atoms with van der Waals surface area (Å²) in [5, 5.41) is 29.9. The number of ketones is 1. The lowest BCUT2D eigenvalue weighted by Gasteiger charge is -2.27. The van der Waals surface area contributed by atoms with Crippen molar-refractivity contribution in [1.82, 2.24) is 0 Å². The molecule has 5 heteroatoms. The molecule has 0 spiro atoms. The van der Waals surface area contributed by atoms with E-state index in [0.29, 0.717) is 25.2 Å². The van der Waals surface area contributed by atoms with E-state index in [0.717, 1.165) is 24.0 Å². The van der Waals surface area contributed by atoms with Gasteiger partial charge in [0.2, 0.25) is 0 Å². The van der Waals surface area contributed by atoms with Crippen LogP contribution < -0.4 is 0 Å². The number of carboxylic acids is 1. The maximum Gasteiger partial charge on any atom is 0.303 e. The van der Waals surface area contributed by atoms with Crippen LogP contribution >= 0.6 is 0 Å². The Kier molecular flexibility index (Phi) is 8.23. The fourth-order valence-electron chi connectivity index (χ4n) is 5.05. The highest BCUT2D eigenvalue weighted by Gasteiger charge is 2.41. The molecule has 2 aliphatic rings. The van der Waals surface area contributed by atoms with E-state index in [9.17, 15) is 19.8 Å². The van der Waals surface area contributed by atoms with Gasteiger partial charge in [0.1, 0.15) is 5.78 Å². The predicted molar refractivity (Wildman–Crippen MR) is 115 cm³/mol. The van der Waals surface area contributed by atoms with E-state index in [1.807, 2.05) is 36.4 Å². The van der Waals surface area contributed by atoms with E-state index in [-0.39, 0.29) is 30.5 Å². The van der Waals surface area contributed by atoms with Crippen LogP contribution in [0.2, 0.25) is 0 Å². The summed E-state index contributed by atoms with van der Waals surface area (Å²) in [4.78, 5) is 23.0. The third-order valence-corrected chi connectivity index (χ3v) is 6.75. The Balaban J connectivity index is 1.62. The molecule has 1 aromatic rings. The Labute approximate surface area is 178 Å². The van der Waals surface area contributed by atoms with Gasteiger partial charge in [-0.25, -0.2) is 0 Å². The molecular formula is C25H34O5. The van der Waals surface area contributed by atoms with Gasteiger partial charge in [0.15, 0.2) is 0 Å². The van der Waals surface area contributed by atoms with Gasteiger partial charge in [-0.05, 0) is 49.1 Å². The molecule has 0 amide bonds. The molecule has 3 rings (SSSR count). The number of unbranched alkanes of at least 4 members (excludes halogenated alkanes) is 1. The van der Waals surface area contributed by atoms with Gasteiger partial charge in [0.25, 0.3) is 0 Å². The van der Waals surface area contributed by atoms with E-state index in [4.69, 9.17) is 5.11 Å². The van der Waals surface area contributed by atoms with Gasteiger partial charge in [-0.15, -0.1) is 0 Å². The van der Waals surface area contributed by atoms with Crippen molar-refractivity contribution < 1.29 is 24.9 Å². The Morgan fingerprint density at radius 1 is 1.10 bits per heavy atom. The number of carboxylic acid groups (broad SMARTS) is 1. The molecule has 4 unspecified atom stereocenters. The average molecular weight is 415 g/mol. The SMILES string of the molecule is O=C(O)CCC/C=C\CC1C(=O)CC(O)C1c1ccc(C(O)C2CCCCC2)cc1. The molecule has 0 heterocycles. The lowest BCUT2D eigenvalue weighted by molar-refractivity contribution is -0.137. The first-order chi connectivity index (χ1) is 14.5. The third kappa shape index (κ3) is 5.79. The van der Waals surface area contributed by atoms with Gasteiger partial charge < -0.3 is 15.3 Å². The van der Waals surface area contributed by atoms with Gasteiger partial charge in [-0.1, -0.05) is 55.7 Å². The van der Waals surface area contributed by atoms with Crippen molar-refractivity contribution in [3.8, 4) is 0 Å². The summed E-state index contributed by atoms with van der Waals surface area (Å²) in [5.41, 5.74) is 1.86. The minimum Gasteiger partial charge on any atom is -0.481 e. The molecule has 1 aromatic carbocycles. The molecule has 0 aliphatic heterocycles. The normalized spacial score (nSPS) is 26.3. The van der Waals surface area contributed by atoms with Crippen LogP contribution in [0.5, 0.6) is 0 Å². The van der Waals surface area contributed by atoms with Crippen LogP contribution in [0.1, 0.15) is 87.4 Å². The van der Waals surface area contributed by atoms with Gasteiger partial charge in [-0.2, -0.15) is 0 Å². The van der Waals surface area contributed by atoms with Crippen molar-refractivity contribution in [3.05, 3.63) is 47.5 Å². The smallest absolute Gasteiger partial charge is 0.303 e. The molecule has 2 fully saturated rings. The summed E-state index contributed by atoms with van der Waals surface area (Å²) in [5.74, 6) is -0.891. The van der Waals surface area contributed by atoms with Gasteiger partial charge in [-0.3, -0.25) is 9.59 Å². The molecule has 3 N–H and O–H groups in total. The number of Topliss-reactive ketones (excluding diaryl/α,β-unsaturated/α-hetero) is 1. The van der Waals surface area contributed by atoms with Crippen LogP contribution in [-0.2, 0) is 9.59 Å². The van der Waals surface area contributed by atoms with Crippen molar-refractivity contribution in [2.24, 2.45) is 11.8 Å². The number of aliphatic carboxylic acids is 1. The number of hydrogen-bond donors (Lipinski definition) is 3. The van der Waals surface area contributed by atoms with Crippen LogP contribution in [0.4, 0.5) is 0 Å². The molecule has 0 saturated heterocycles. The average Bonchev–Trinajstić information content (AvgIpc) is 3.03. The number of allylic oxidation sites excluding steroid dienone is 2. The van der Waals surface area contributed by atoms with Crippen LogP contribution in [0.3, 0.4) is 0 Å². The Bertz CT molecular complexity index is 732. The third-order valence-electron chi connectivity index (χ3n) is 6.75. The summed E-state index contributed by atoms with van der Waals surface area (Å²) < 4.78 is 0. The Morgan fingerprint density at radius 3 is 2.47 bits per heavy atom. The number of aliphatic hydroxyl groups excluding tert-OH is 2. The number of aliphatic hydroxyl groups is 2. The molecule has 5 nitrogen and oxygen atoms in total. The molecule has 0 aromatic heterocycles. The highest BCUT2D eigenvalue weighted by molar-refractivity contribution is 5.85. The number of hydrogen-bond acceptors (Lipinski definition) is 4.